The summed E-state index contributed by atoms with van der Waals surface area (Å²) in [5.74, 6) is 0.431. The molecule has 0 heterocycles. The first-order valence-corrected chi connectivity index (χ1v) is 7.34. The van der Waals surface area contributed by atoms with Crippen molar-refractivity contribution >= 4 is 11.6 Å². The van der Waals surface area contributed by atoms with Crippen molar-refractivity contribution < 1.29 is 4.79 Å². The first-order chi connectivity index (χ1) is 10.1. The second kappa shape index (κ2) is 7.21. The molecule has 1 aliphatic carbocycles. The van der Waals surface area contributed by atoms with Crippen molar-refractivity contribution in [3.8, 4) is 6.07 Å². The minimum absolute atomic E-state index is 0.0599. The number of nitrogens with one attached hydrogen (secondary N) is 1. The largest absolute Gasteiger partial charge is 0.330 e. The van der Waals surface area contributed by atoms with Gasteiger partial charge in [-0.2, -0.15) is 5.26 Å². The summed E-state index contributed by atoms with van der Waals surface area (Å²) in [5, 5.41) is 11.7. The fraction of sp³-hybridized carbons (Fsp3) is 0.500. The fourth-order valence-corrected chi connectivity index (χ4v) is 3.08. The van der Waals surface area contributed by atoms with Gasteiger partial charge in [-0.05, 0) is 50.6 Å². The van der Waals surface area contributed by atoms with Crippen molar-refractivity contribution in [2.45, 2.75) is 25.3 Å². The molecule has 1 aliphatic rings. The molecule has 0 aliphatic heterocycles. The molecule has 1 saturated carbocycles. The van der Waals surface area contributed by atoms with Gasteiger partial charge in [-0.3, -0.25) is 9.69 Å². The van der Waals surface area contributed by atoms with E-state index in [4.69, 9.17) is 11.0 Å². The molecular weight excluding hydrogens is 264 g/mol. The summed E-state index contributed by atoms with van der Waals surface area (Å²) in [7, 11) is 1.98. The average Bonchev–Trinajstić information content (AvgIpc) is 2.95. The predicted octanol–water partition coefficient (Wildman–Crippen LogP) is 1.56. The van der Waals surface area contributed by atoms with Gasteiger partial charge in [0.05, 0.1) is 18.2 Å². The van der Waals surface area contributed by atoms with Crippen LogP contribution in [0.5, 0.6) is 0 Å². The van der Waals surface area contributed by atoms with Crippen LogP contribution in [-0.2, 0) is 4.79 Å². The minimum Gasteiger partial charge on any atom is -0.330 e. The molecule has 1 aromatic rings. The number of benzene rings is 1. The Morgan fingerprint density at radius 3 is 3.05 bits per heavy atom. The Morgan fingerprint density at radius 1 is 1.52 bits per heavy atom. The zero-order chi connectivity index (χ0) is 15.2. The van der Waals surface area contributed by atoms with Crippen molar-refractivity contribution in [1.82, 2.24) is 4.90 Å². The van der Waals surface area contributed by atoms with Crippen LogP contribution >= 0.6 is 0 Å². The predicted molar refractivity (Wildman–Crippen MR) is 82.6 cm³/mol. The van der Waals surface area contributed by atoms with E-state index in [1.807, 2.05) is 7.05 Å². The van der Waals surface area contributed by atoms with Crippen molar-refractivity contribution in [1.29, 1.82) is 5.26 Å². The number of carbonyl (C=O) groups is 1. The lowest BCUT2D eigenvalue weighted by atomic mass is 10.0. The van der Waals surface area contributed by atoms with E-state index in [1.165, 1.54) is 6.42 Å². The number of nitriles is 1. The van der Waals surface area contributed by atoms with Crippen molar-refractivity contribution in [2.75, 3.05) is 25.5 Å². The van der Waals surface area contributed by atoms with E-state index in [2.05, 4.69) is 16.3 Å². The number of likely N-dealkylation sites (N-methyl/N-ethyl adjacent to an activating group) is 1. The Labute approximate surface area is 125 Å². The summed E-state index contributed by atoms with van der Waals surface area (Å²) in [6.07, 6.45) is 3.44. The number of hydrogen-bond acceptors (Lipinski definition) is 4. The van der Waals surface area contributed by atoms with Crippen LogP contribution in [0.1, 0.15) is 24.8 Å². The Bertz CT molecular complexity index is 537. The Morgan fingerprint density at radius 2 is 2.33 bits per heavy atom. The van der Waals surface area contributed by atoms with Gasteiger partial charge in [0.2, 0.25) is 5.91 Å². The van der Waals surface area contributed by atoms with Gasteiger partial charge in [0.1, 0.15) is 0 Å². The van der Waals surface area contributed by atoms with E-state index in [0.717, 1.165) is 12.8 Å². The highest BCUT2D eigenvalue weighted by molar-refractivity contribution is 5.92. The average molecular weight is 286 g/mol. The second-order valence-electron chi connectivity index (χ2n) is 5.65. The highest BCUT2D eigenvalue weighted by Crippen LogP contribution is 2.28. The van der Waals surface area contributed by atoms with E-state index < -0.39 is 0 Å². The van der Waals surface area contributed by atoms with Crippen molar-refractivity contribution in [3.63, 3.8) is 0 Å². The lowest BCUT2D eigenvalue weighted by Crippen LogP contribution is -2.41. The molecular formula is C16H22N4O. The fourth-order valence-electron chi connectivity index (χ4n) is 3.08. The molecule has 21 heavy (non-hydrogen) atoms. The third-order valence-corrected chi connectivity index (χ3v) is 4.16. The number of nitrogens with zero attached hydrogens (tertiary/aromatic N) is 2. The van der Waals surface area contributed by atoms with Crippen molar-refractivity contribution in [3.05, 3.63) is 29.8 Å². The van der Waals surface area contributed by atoms with E-state index in [0.29, 0.717) is 36.3 Å². The van der Waals surface area contributed by atoms with E-state index in [9.17, 15) is 4.79 Å². The smallest absolute Gasteiger partial charge is 0.238 e. The van der Waals surface area contributed by atoms with E-state index >= 15 is 0 Å². The van der Waals surface area contributed by atoms with Gasteiger partial charge < -0.3 is 11.1 Å². The zero-order valence-electron chi connectivity index (χ0n) is 12.4. The van der Waals surface area contributed by atoms with E-state index in [-0.39, 0.29) is 5.91 Å². The first-order valence-electron chi connectivity index (χ1n) is 7.34. The summed E-state index contributed by atoms with van der Waals surface area (Å²) in [6, 6.07) is 9.40. The molecule has 1 aromatic carbocycles. The molecule has 0 bridgehead atoms. The third-order valence-electron chi connectivity index (χ3n) is 4.16. The number of rotatable bonds is 5. The molecule has 5 heteroatoms. The van der Waals surface area contributed by atoms with Crippen LogP contribution in [0.4, 0.5) is 5.69 Å². The van der Waals surface area contributed by atoms with Crippen LogP contribution in [0.25, 0.3) is 0 Å². The molecule has 2 unspecified atom stereocenters. The van der Waals surface area contributed by atoms with Gasteiger partial charge >= 0.3 is 0 Å². The molecule has 0 radical (unpaired) electrons. The van der Waals surface area contributed by atoms with Gasteiger partial charge in [-0.15, -0.1) is 0 Å². The van der Waals surface area contributed by atoms with Crippen LogP contribution < -0.4 is 11.1 Å². The van der Waals surface area contributed by atoms with Gasteiger partial charge in [0, 0.05) is 11.7 Å². The normalized spacial score (nSPS) is 21.2. The maximum Gasteiger partial charge on any atom is 0.238 e. The summed E-state index contributed by atoms with van der Waals surface area (Å²) in [4.78, 5) is 14.2. The van der Waals surface area contributed by atoms with Gasteiger partial charge in [-0.25, -0.2) is 0 Å². The monoisotopic (exact) mass is 286 g/mol. The highest BCUT2D eigenvalue weighted by Gasteiger charge is 2.29. The number of carbonyl (C=O) groups excluding carboxylic acids is 1. The molecule has 1 fully saturated rings. The summed E-state index contributed by atoms with van der Waals surface area (Å²) >= 11 is 0. The summed E-state index contributed by atoms with van der Waals surface area (Å²) in [5.41, 5.74) is 6.99. The molecule has 2 rings (SSSR count). The maximum absolute atomic E-state index is 12.1. The van der Waals surface area contributed by atoms with E-state index in [1.54, 1.807) is 24.3 Å². The molecule has 3 N–H and O–H groups in total. The number of nitrogens with two attached hydrogens (primary N) is 1. The summed E-state index contributed by atoms with van der Waals surface area (Å²) < 4.78 is 0. The van der Waals surface area contributed by atoms with Crippen LogP contribution in [0.2, 0.25) is 0 Å². The van der Waals surface area contributed by atoms with Gasteiger partial charge in [0.25, 0.3) is 0 Å². The molecule has 0 spiro atoms. The molecule has 5 nitrogen and oxygen atoms in total. The molecule has 2 atom stereocenters. The lowest BCUT2D eigenvalue weighted by molar-refractivity contribution is -0.117. The zero-order valence-corrected chi connectivity index (χ0v) is 12.4. The second-order valence-corrected chi connectivity index (χ2v) is 5.65. The molecule has 1 amide bonds. The molecule has 0 aromatic heterocycles. The minimum atomic E-state index is -0.0599. The Hall–Kier alpha value is -1.90. The number of hydrogen-bond donors (Lipinski definition) is 2. The van der Waals surface area contributed by atoms with Gasteiger partial charge in [-0.1, -0.05) is 12.5 Å². The highest BCUT2D eigenvalue weighted by atomic mass is 16.2. The number of anilines is 1. The molecule has 0 saturated heterocycles. The van der Waals surface area contributed by atoms with Gasteiger partial charge in [0.15, 0.2) is 0 Å². The Kier molecular flexibility index (Phi) is 5.32. The first kappa shape index (κ1) is 15.5. The maximum atomic E-state index is 12.1. The van der Waals surface area contributed by atoms with Crippen LogP contribution in [-0.4, -0.2) is 37.0 Å². The van der Waals surface area contributed by atoms with Crippen LogP contribution in [0, 0.1) is 17.2 Å². The van der Waals surface area contributed by atoms with Crippen LogP contribution in [0.15, 0.2) is 24.3 Å². The SMILES string of the molecule is CN(CC(=O)Nc1cccc(C#N)c1)C1CCCC1CN. The quantitative estimate of drug-likeness (QED) is 0.860. The number of amides is 1. The topological polar surface area (TPSA) is 82.2 Å². The van der Waals surface area contributed by atoms with Crippen LogP contribution in [0.3, 0.4) is 0 Å². The Balaban J connectivity index is 1.90. The van der Waals surface area contributed by atoms with Crippen molar-refractivity contribution in [2.24, 2.45) is 11.7 Å². The molecule has 112 valence electrons. The summed E-state index contributed by atoms with van der Waals surface area (Å²) in [6.45, 7) is 1.03. The lowest BCUT2D eigenvalue weighted by Gasteiger charge is -2.28. The third kappa shape index (κ3) is 4.03. The standard InChI is InChI=1S/C16H22N4O/c1-20(15-7-3-5-13(15)10-18)11-16(21)19-14-6-2-4-12(8-14)9-17/h2,4,6,8,13,15H,3,5,7,10-11,18H2,1H3,(H,19,21).